The van der Waals surface area contributed by atoms with Crippen LogP contribution in [0.1, 0.15) is 25.0 Å². The van der Waals surface area contributed by atoms with Crippen molar-refractivity contribution in [3.05, 3.63) is 211 Å². The Hall–Kier alpha value is -6.97. The molecule has 9 rings (SSSR count). The third-order valence-electron chi connectivity index (χ3n) is 10.7. The zero-order chi connectivity index (χ0) is 37.2. The Kier molecular flexibility index (Phi) is 8.89. The molecule has 9 aromatic rings. The third-order valence-corrected chi connectivity index (χ3v) is 10.7. The van der Waals surface area contributed by atoms with E-state index in [-0.39, 0.29) is 5.41 Å². The second kappa shape index (κ2) is 14.5. The van der Waals surface area contributed by atoms with Gasteiger partial charge in [-0.2, -0.15) is 0 Å². The lowest BCUT2D eigenvalue weighted by Gasteiger charge is -2.26. The van der Waals surface area contributed by atoms with Gasteiger partial charge in [-0.15, -0.1) is 0 Å². The Bertz CT molecular complexity index is 2730. The van der Waals surface area contributed by atoms with Crippen LogP contribution in [0.5, 0.6) is 0 Å². The van der Waals surface area contributed by atoms with Crippen LogP contribution in [0.15, 0.2) is 200 Å². The van der Waals surface area contributed by atoms with Crippen LogP contribution in [0.25, 0.3) is 78.3 Å². The first-order chi connectivity index (χ1) is 27.0. The van der Waals surface area contributed by atoms with Gasteiger partial charge in [0.25, 0.3) is 0 Å². The van der Waals surface area contributed by atoms with Crippen LogP contribution < -0.4 is 0 Å². The van der Waals surface area contributed by atoms with Crippen LogP contribution in [-0.4, -0.2) is 15.0 Å². The Morgan fingerprint density at radius 1 is 0.309 bits per heavy atom. The maximum absolute atomic E-state index is 5.01. The van der Waals surface area contributed by atoms with Crippen LogP contribution in [0, 0.1) is 0 Å². The van der Waals surface area contributed by atoms with Crippen molar-refractivity contribution in [3.8, 4) is 67.5 Å². The lowest BCUT2D eigenvalue weighted by Crippen LogP contribution is -2.18. The fourth-order valence-electron chi connectivity index (χ4n) is 7.42. The van der Waals surface area contributed by atoms with Crippen LogP contribution >= 0.6 is 0 Å². The summed E-state index contributed by atoms with van der Waals surface area (Å²) in [6.45, 7) is 4.57. The topological polar surface area (TPSA) is 38.7 Å². The van der Waals surface area contributed by atoms with Gasteiger partial charge in [0.2, 0.25) is 0 Å². The van der Waals surface area contributed by atoms with E-state index < -0.39 is 0 Å². The van der Waals surface area contributed by atoms with Gasteiger partial charge in [-0.3, -0.25) is 0 Å². The van der Waals surface area contributed by atoms with Gasteiger partial charge in [-0.25, -0.2) is 15.0 Å². The molecule has 8 aromatic carbocycles. The average Bonchev–Trinajstić information content (AvgIpc) is 3.27. The fourth-order valence-corrected chi connectivity index (χ4v) is 7.42. The Morgan fingerprint density at radius 3 is 1.31 bits per heavy atom. The average molecular weight is 706 g/mol. The third kappa shape index (κ3) is 6.85. The van der Waals surface area contributed by atoms with E-state index in [0.29, 0.717) is 17.5 Å². The smallest absolute Gasteiger partial charge is 0.164 e. The second-order valence-electron chi connectivity index (χ2n) is 14.5. The molecule has 0 atom stereocenters. The van der Waals surface area contributed by atoms with E-state index in [1.807, 2.05) is 36.4 Å². The summed E-state index contributed by atoms with van der Waals surface area (Å²) < 4.78 is 0. The number of aromatic nitrogens is 3. The van der Waals surface area contributed by atoms with Gasteiger partial charge in [0.05, 0.1) is 0 Å². The van der Waals surface area contributed by atoms with Crippen LogP contribution in [0.3, 0.4) is 0 Å². The molecular formula is C52H39N3. The molecule has 262 valence electrons. The summed E-state index contributed by atoms with van der Waals surface area (Å²) in [4.78, 5) is 14.9. The highest BCUT2D eigenvalue weighted by Gasteiger charge is 2.24. The molecule has 0 bridgehead atoms. The summed E-state index contributed by atoms with van der Waals surface area (Å²) in [5.41, 5.74) is 12.3. The molecule has 3 heteroatoms. The van der Waals surface area contributed by atoms with Crippen LogP contribution in [-0.2, 0) is 5.41 Å². The van der Waals surface area contributed by atoms with Gasteiger partial charge in [0, 0.05) is 22.1 Å². The molecule has 0 aliphatic rings. The molecule has 1 heterocycles. The molecule has 3 nitrogen and oxygen atoms in total. The molecule has 1 aromatic heterocycles. The first kappa shape index (κ1) is 33.8. The van der Waals surface area contributed by atoms with Gasteiger partial charge >= 0.3 is 0 Å². The van der Waals surface area contributed by atoms with Crippen molar-refractivity contribution >= 4 is 10.8 Å². The van der Waals surface area contributed by atoms with E-state index in [1.54, 1.807) is 0 Å². The van der Waals surface area contributed by atoms with E-state index in [2.05, 4.69) is 178 Å². The predicted molar refractivity (Wildman–Crippen MR) is 229 cm³/mol. The Balaban J connectivity index is 0.994. The van der Waals surface area contributed by atoms with E-state index in [9.17, 15) is 0 Å². The molecule has 55 heavy (non-hydrogen) atoms. The summed E-state index contributed by atoms with van der Waals surface area (Å²) in [6, 6.07) is 70.6. The molecule has 0 N–H and O–H groups in total. The van der Waals surface area contributed by atoms with Crippen molar-refractivity contribution in [3.63, 3.8) is 0 Å². The van der Waals surface area contributed by atoms with E-state index in [4.69, 9.17) is 15.0 Å². The number of fused-ring (bicyclic) bond motifs is 1. The number of hydrogen-bond acceptors (Lipinski definition) is 3. The van der Waals surface area contributed by atoms with E-state index >= 15 is 0 Å². The number of nitrogens with zero attached hydrogens (tertiary/aromatic N) is 3. The quantitative estimate of drug-likeness (QED) is 0.158. The first-order valence-corrected chi connectivity index (χ1v) is 18.8. The second-order valence-corrected chi connectivity index (χ2v) is 14.5. The highest BCUT2D eigenvalue weighted by molar-refractivity contribution is 5.97. The van der Waals surface area contributed by atoms with E-state index in [0.717, 1.165) is 22.3 Å². The molecular weight excluding hydrogens is 667 g/mol. The van der Waals surface area contributed by atoms with Gasteiger partial charge in [0.1, 0.15) is 0 Å². The molecule has 0 fully saturated rings. The lowest BCUT2D eigenvalue weighted by atomic mass is 9.77. The first-order valence-electron chi connectivity index (χ1n) is 18.8. The SMILES string of the molecule is CC(C)(c1ccc(-c2cccc(-c3cccc4ccccc34)c2)cc1)c1ccc(-c2nc(-c3ccccc3)nc(-c3ccc(-c4ccccc4)cc3)n2)cc1. The molecule has 0 saturated heterocycles. The largest absolute Gasteiger partial charge is 0.208 e. The normalized spacial score (nSPS) is 11.5. The highest BCUT2D eigenvalue weighted by atomic mass is 15.0. The Labute approximate surface area is 322 Å². The van der Waals surface area contributed by atoms with Crippen molar-refractivity contribution in [2.45, 2.75) is 19.3 Å². The zero-order valence-electron chi connectivity index (χ0n) is 30.9. The maximum atomic E-state index is 5.01. The summed E-state index contributed by atoms with van der Waals surface area (Å²) in [5.74, 6) is 1.95. The van der Waals surface area contributed by atoms with Gasteiger partial charge in [-0.05, 0) is 61.3 Å². The molecule has 0 saturated carbocycles. The van der Waals surface area contributed by atoms with E-state index in [1.165, 1.54) is 49.7 Å². The molecule has 0 amide bonds. The minimum Gasteiger partial charge on any atom is -0.208 e. The summed E-state index contributed by atoms with van der Waals surface area (Å²) in [5, 5.41) is 2.52. The van der Waals surface area contributed by atoms with Gasteiger partial charge < -0.3 is 0 Å². The fraction of sp³-hybridized carbons (Fsp3) is 0.0577. The van der Waals surface area contributed by atoms with Crippen LogP contribution in [0.4, 0.5) is 0 Å². The lowest BCUT2D eigenvalue weighted by molar-refractivity contribution is 0.641. The molecule has 0 unspecified atom stereocenters. The predicted octanol–water partition coefficient (Wildman–Crippen LogP) is 13.4. The van der Waals surface area contributed by atoms with Gasteiger partial charge in [0.15, 0.2) is 17.5 Å². The summed E-state index contributed by atoms with van der Waals surface area (Å²) in [7, 11) is 0. The summed E-state index contributed by atoms with van der Waals surface area (Å²) >= 11 is 0. The van der Waals surface area contributed by atoms with Crippen molar-refractivity contribution in [2.75, 3.05) is 0 Å². The standard InChI is InChI=1S/C52H39N3/c1-52(2,45-31-27-38(28-32-45)43-19-11-20-44(35-43)48-22-12-18-39-15-9-10-21-47(39)48)46-33-29-42(30-34-46)51-54-49(40-16-7-4-8-17-40)53-50(55-51)41-25-23-37(24-26-41)36-13-5-3-6-14-36/h3-35H,1-2H3. The number of hydrogen-bond donors (Lipinski definition) is 0. The summed E-state index contributed by atoms with van der Waals surface area (Å²) in [6.07, 6.45) is 0. The van der Waals surface area contributed by atoms with Crippen molar-refractivity contribution in [1.29, 1.82) is 0 Å². The van der Waals surface area contributed by atoms with Crippen LogP contribution in [0.2, 0.25) is 0 Å². The maximum Gasteiger partial charge on any atom is 0.164 e. The monoisotopic (exact) mass is 705 g/mol. The molecule has 0 spiro atoms. The Morgan fingerprint density at radius 2 is 0.691 bits per heavy atom. The van der Waals surface area contributed by atoms with Gasteiger partial charge in [-0.1, -0.05) is 208 Å². The van der Waals surface area contributed by atoms with Crippen molar-refractivity contribution < 1.29 is 0 Å². The number of benzene rings is 8. The number of rotatable bonds is 8. The van der Waals surface area contributed by atoms with Crippen molar-refractivity contribution in [1.82, 2.24) is 15.0 Å². The van der Waals surface area contributed by atoms with Crippen molar-refractivity contribution in [2.24, 2.45) is 0 Å². The molecule has 0 radical (unpaired) electrons. The highest BCUT2D eigenvalue weighted by Crippen LogP contribution is 2.36. The zero-order valence-corrected chi connectivity index (χ0v) is 30.9. The minimum atomic E-state index is -0.220. The molecule has 0 aliphatic carbocycles. The molecule has 0 aliphatic heterocycles. The minimum absolute atomic E-state index is 0.220.